The van der Waals surface area contributed by atoms with E-state index in [1.54, 1.807) is 13.2 Å². The number of unbranched alkanes of at least 4 members (excludes halogenated alkanes) is 1. The van der Waals surface area contributed by atoms with Crippen LogP contribution in [0.25, 0.3) is 0 Å². The number of hydrogen-bond acceptors (Lipinski definition) is 4. The van der Waals surface area contributed by atoms with Gasteiger partial charge in [0.15, 0.2) is 11.5 Å². The predicted octanol–water partition coefficient (Wildman–Crippen LogP) is 4.44. The summed E-state index contributed by atoms with van der Waals surface area (Å²) in [6, 6.07) is 11.2. The lowest BCUT2D eigenvalue weighted by atomic mass is 10.2. The fourth-order valence-electron chi connectivity index (χ4n) is 2.31. The summed E-state index contributed by atoms with van der Waals surface area (Å²) in [7, 11) is 1.61. The Balaban J connectivity index is 1.98. The van der Waals surface area contributed by atoms with Crippen molar-refractivity contribution in [1.29, 1.82) is 0 Å². The van der Waals surface area contributed by atoms with Gasteiger partial charge in [-0.2, -0.15) is 0 Å². The van der Waals surface area contributed by atoms with E-state index in [2.05, 4.69) is 5.32 Å². The van der Waals surface area contributed by atoms with Crippen LogP contribution in [-0.2, 0) is 13.2 Å². The van der Waals surface area contributed by atoms with Crippen molar-refractivity contribution in [3.63, 3.8) is 0 Å². The van der Waals surface area contributed by atoms with Gasteiger partial charge in [-0.05, 0) is 48.7 Å². The lowest BCUT2D eigenvalue weighted by molar-refractivity contribution is 0.283. The Bertz CT molecular complexity index is 662. The van der Waals surface area contributed by atoms with E-state index in [-0.39, 0.29) is 6.61 Å². The topological polar surface area (TPSA) is 50.7 Å². The first-order valence-electron chi connectivity index (χ1n) is 8.19. The molecule has 2 rings (SSSR count). The Labute approximate surface area is 158 Å². The average molecular weight is 384 g/mol. The summed E-state index contributed by atoms with van der Waals surface area (Å²) in [5.74, 6) is 1.25. The van der Waals surface area contributed by atoms with E-state index >= 15 is 0 Å². The highest BCUT2D eigenvalue weighted by molar-refractivity contribution is 6.31. The van der Waals surface area contributed by atoms with Crippen molar-refractivity contribution in [1.82, 2.24) is 5.32 Å². The van der Waals surface area contributed by atoms with Gasteiger partial charge < -0.3 is 19.9 Å². The van der Waals surface area contributed by atoms with E-state index in [0.717, 1.165) is 30.5 Å². The van der Waals surface area contributed by atoms with Gasteiger partial charge in [0.2, 0.25) is 0 Å². The van der Waals surface area contributed by atoms with Gasteiger partial charge in [0.05, 0.1) is 7.11 Å². The number of ether oxygens (including phenoxy) is 2. The smallest absolute Gasteiger partial charge is 0.163 e. The third kappa shape index (κ3) is 6.40. The molecule has 0 radical (unpaired) electrons. The summed E-state index contributed by atoms with van der Waals surface area (Å²) < 4.78 is 11.3. The highest BCUT2D eigenvalue weighted by Gasteiger charge is 2.11. The van der Waals surface area contributed by atoms with Crippen molar-refractivity contribution < 1.29 is 14.6 Å². The summed E-state index contributed by atoms with van der Waals surface area (Å²) in [6.07, 6.45) is 1.72. The third-order valence-electron chi connectivity index (χ3n) is 3.72. The quantitative estimate of drug-likeness (QED) is 0.595. The van der Waals surface area contributed by atoms with E-state index in [0.29, 0.717) is 34.7 Å². The maximum atomic E-state index is 8.79. The molecular weight excluding hydrogens is 361 g/mol. The van der Waals surface area contributed by atoms with Crippen LogP contribution in [0.2, 0.25) is 10.0 Å². The minimum absolute atomic E-state index is 0.218. The molecule has 6 heteroatoms. The first kappa shape index (κ1) is 19.9. The van der Waals surface area contributed by atoms with Gasteiger partial charge >= 0.3 is 0 Å². The van der Waals surface area contributed by atoms with Crippen molar-refractivity contribution in [2.75, 3.05) is 20.3 Å². The molecule has 4 nitrogen and oxygen atoms in total. The van der Waals surface area contributed by atoms with Crippen LogP contribution in [0, 0.1) is 0 Å². The molecule has 0 aliphatic carbocycles. The van der Waals surface area contributed by atoms with Crippen LogP contribution in [0.4, 0.5) is 0 Å². The molecule has 2 aromatic carbocycles. The van der Waals surface area contributed by atoms with Crippen molar-refractivity contribution in [2.24, 2.45) is 0 Å². The number of nitrogens with one attached hydrogen (secondary N) is 1. The van der Waals surface area contributed by atoms with Crippen molar-refractivity contribution in [3.8, 4) is 11.5 Å². The number of aliphatic hydroxyl groups excluding tert-OH is 1. The SMILES string of the molecule is COc1cc(CNCCCCO)c(Cl)cc1OCc1ccc(Cl)cc1. The fraction of sp³-hybridized carbons (Fsp3) is 0.368. The van der Waals surface area contributed by atoms with Gasteiger partial charge in [0.25, 0.3) is 0 Å². The minimum Gasteiger partial charge on any atom is -0.493 e. The molecule has 0 aromatic heterocycles. The summed E-state index contributed by atoms with van der Waals surface area (Å²) in [4.78, 5) is 0. The van der Waals surface area contributed by atoms with Crippen LogP contribution < -0.4 is 14.8 Å². The summed E-state index contributed by atoms with van der Waals surface area (Å²) >= 11 is 12.3. The van der Waals surface area contributed by atoms with Crippen LogP contribution in [0.5, 0.6) is 11.5 Å². The zero-order valence-corrected chi connectivity index (χ0v) is 15.7. The van der Waals surface area contributed by atoms with Gasteiger partial charge in [-0.25, -0.2) is 0 Å². The van der Waals surface area contributed by atoms with Gasteiger partial charge in [0, 0.05) is 29.3 Å². The maximum absolute atomic E-state index is 8.79. The predicted molar refractivity (Wildman–Crippen MR) is 102 cm³/mol. The highest BCUT2D eigenvalue weighted by Crippen LogP contribution is 2.34. The molecule has 136 valence electrons. The molecule has 2 N–H and O–H groups in total. The number of benzene rings is 2. The van der Waals surface area contributed by atoms with Gasteiger partial charge in [-0.1, -0.05) is 35.3 Å². The van der Waals surface area contributed by atoms with Crippen molar-refractivity contribution in [2.45, 2.75) is 26.0 Å². The van der Waals surface area contributed by atoms with Crippen LogP contribution in [0.3, 0.4) is 0 Å². The number of methoxy groups -OCH3 is 1. The third-order valence-corrected chi connectivity index (χ3v) is 4.32. The van der Waals surface area contributed by atoms with E-state index in [1.807, 2.05) is 30.3 Å². The second kappa shape index (κ2) is 10.5. The molecule has 0 fully saturated rings. The summed E-state index contributed by atoms with van der Waals surface area (Å²) in [5, 5.41) is 13.4. The molecule has 25 heavy (non-hydrogen) atoms. The van der Waals surface area contributed by atoms with E-state index < -0.39 is 0 Å². The molecule has 0 atom stereocenters. The Kier molecular flexibility index (Phi) is 8.35. The molecule has 0 bridgehead atoms. The first-order valence-corrected chi connectivity index (χ1v) is 8.95. The van der Waals surface area contributed by atoms with Crippen LogP contribution in [-0.4, -0.2) is 25.4 Å². The zero-order chi connectivity index (χ0) is 18.1. The first-order chi connectivity index (χ1) is 12.1. The molecule has 0 saturated carbocycles. The van der Waals surface area contributed by atoms with Crippen LogP contribution in [0.15, 0.2) is 36.4 Å². The largest absolute Gasteiger partial charge is 0.493 e. The number of aliphatic hydroxyl groups is 1. The Morgan fingerprint density at radius 2 is 1.80 bits per heavy atom. The monoisotopic (exact) mass is 383 g/mol. The normalized spacial score (nSPS) is 10.7. The van der Waals surface area contributed by atoms with Gasteiger partial charge in [-0.15, -0.1) is 0 Å². The highest BCUT2D eigenvalue weighted by atomic mass is 35.5. The fourth-order valence-corrected chi connectivity index (χ4v) is 2.66. The van der Waals surface area contributed by atoms with Crippen molar-refractivity contribution in [3.05, 3.63) is 57.6 Å². The lowest BCUT2D eigenvalue weighted by Crippen LogP contribution is -2.15. The molecule has 0 aliphatic rings. The standard InChI is InChI=1S/C19H23Cl2NO3/c1-24-18-10-15(12-22-8-2-3-9-23)17(21)11-19(18)25-13-14-4-6-16(20)7-5-14/h4-7,10-11,22-23H,2-3,8-9,12-13H2,1H3. The van der Waals surface area contributed by atoms with E-state index in [1.165, 1.54) is 0 Å². The molecule has 0 amide bonds. The molecular formula is C19H23Cl2NO3. The van der Waals surface area contributed by atoms with Crippen LogP contribution in [0.1, 0.15) is 24.0 Å². The Morgan fingerprint density at radius 1 is 1.04 bits per heavy atom. The van der Waals surface area contributed by atoms with E-state index in [9.17, 15) is 0 Å². The molecule has 0 aliphatic heterocycles. The molecule has 0 spiro atoms. The second-order valence-corrected chi connectivity index (χ2v) is 6.46. The number of hydrogen-bond donors (Lipinski definition) is 2. The lowest BCUT2D eigenvalue weighted by Gasteiger charge is -2.14. The zero-order valence-electron chi connectivity index (χ0n) is 14.2. The average Bonchev–Trinajstić information content (AvgIpc) is 2.62. The van der Waals surface area contributed by atoms with Gasteiger partial charge in [-0.3, -0.25) is 0 Å². The molecule has 2 aromatic rings. The molecule has 0 saturated heterocycles. The molecule has 0 unspecified atom stereocenters. The summed E-state index contributed by atoms with van der Waals surface area (Å²) in [6.45, 7) is 2.09. The van der Waals surface area contributed by atoms with Crippen LogP contribution >= 0.6 is 23.2 Å². The number of rotatable bonds is 10. The number of halogens is 2. The maximum Gasteiger partial charge on any atom is 0.163 e. The Morgan fingerprint density at radius 3 is 2.48 bits per heavy atom. The second-order valence-electron chi connectivity index (χ2n) is 5.62. The van der Waals surface area contributed by atoms with Gasteiger partial charge in [0.1, 0.15) is 6.61 Å². The molecule has 0 heterocycles. The van der Waals surface area contributed by atoms with E-state index in [4.69, 9.17) is 37.8 Å². The Hall–Kier alpha value is -1.46. The summed E-state index contributed by atoms with van der Waals surface area (Å²) in [5.41, 5.74) is 1.96. The van der Waals surface area contributed by atoms with Crippen molar-refractivity contribution >= 4 is 23.2 Å². The minimum atomic E-state index is 0.218.